The second kappa shape index (κ2) is 7.94. The molecule has 0 unspecified atom stereocenters. The summed E-state index contributed by atoms with van der Waals surface area (Å²) in [6.07, 6.45) is -0.178. The molecular formula is C17H22ClNO4S. The lowest BCUT2D eigenvalue weighted by Gasteiger charge is -2.21. The van der Waals surface area contributed by atoms with Gasteiger partial charge in [0.15, 0.2) is 9.84 Å². The van der Waals surface area contributed by atoms with E-state index < -0.39 is 38.2 Å². The van der Waals surface area contributed by atoms with Crippen molar-refractivity contribution >= 4 is 32.6 Å². The quantitative estimate of drug-likeness (QED) is 0.747. The highest BCUT2D eigenvalue weighted by Crippen LogP contribution is 2.24. The molecule has 1 aromatic carbocycles. The second-order valence-corrected chi connectivity index (χ2v) is 9.63. The lowest BCUT2D eigenvalue weighted by atomic mass is 10.1. The topological polar surface area (TPSA) is 80.3 Å². The van der Waals surface area contributed by atoms with Crippen molar-refractivity contribution in [3.63, 3.8) is 0 Å². The zero-order valence-electron chi connectivity index (χ0n) is 14.0. The maximum Gasteiger partial charge on any atom is 0.244 e. The minimum atomic E-state index is -3.66. The summed E-state index contributed by atoms with van der Waals surface area (Å²) in [5, 5.41) is 1.76. The van der Waals surface area contributed by atoms with Gasteiger partial charge in [0.2, 0.25) is 11.1 Å². The van der Waals surface area contributed by atoms with E-state index in [1.165, 1.54) is 20.8 Å². The first-order chi connectivity index (χ1) is 10.9. The third-order valence-corrected chi connectivity index (χ3v) is 6.22. The van der Waals surface area contributed by atoms with Crippen molar-refractivity contribution in [1.82, 2.24) is 5.32 Å². The van der Waals surface area contributed by atoms with Crippen LogP contribution in [-0.2, 0) is 25.8 Å². The average molecular weight is 372 g/mol. The summed E-state index contributed by atoms with van der Waals surface area (Å²) in [7, 11) is -3.66. The van der Waals surface area contributed by atoms with Crippen LogP contribution in [0.1, 0.15) is 32.8 Å². The minimum Gasteiger partial charge on any atom is -0.344 e. The van der Waals surface area contributed by atoms with E-state index in [2.05, 4.69) is 11.9 Å². The molecule has 7 heteroatoms. The molecule has 0 heterocycles. The summed E-state index contributed by atoms with van der Waals surface area (Å²) in [5.41, 5.74) is 0.831. The molecule has 0 aromatic heterocycles. The Morgan fingerprint density at radius 3 is 2.21 bits per heavy atom. The maximum absolute atomic E-state index is 12.2. The van der Waals surface area contributed by atoms with E-state index >= 15 is 0 Å². The van der Waals surface area contributed by atoms with Gasteiger partial charge in [0.05, 0.1) is 11.2 Å². The van der Waals surface area contributed by atoms with Gasteiger partial charge in [-0.1, -0.05) is 36.9 Å². The number of carbonyl (C=O) groups excluding carboxylic acids is 2. The molecule has 1 atom stereocenters. The predicted octanol–water partition coefficient (Wildman–Crippen LogP) is 2.60. The first-order valence-electron chi connectivity index (χ1n) is 7.40. The number of rotatable bonds is 7. The van der Waals surface area contributed by atoms with Gasteiger partial charge in [0, 0.05) is 11.3 Å². The third kappa shape index (κ3) is 5.46. The van der Waals surface area contributed by atoms with Crippen LogP contribution in [0.4, 0.5) is 0 Å². The SMILES string of the molecule is C=C(CC(=O)N[C@@H](Cc1ccccc1)C(=O)Cl)S(=O)(=O)C(C)(C)C. The summed E-state index contributed by atoms with van der Waals surface area (Å²) < 4.78 is 23.4. The largest absolute Gasteiger partial charge is 0.344 e. The van der Waals surface area contributed by atoms with Crippen LogP contribution in [0.25, 0.3) is 0 Å². The van der Waals surface area contributed by atoms with Gasteiger partial charge in [0.25, 0.3) is 0 Å². The zero-order chi connectivity index (χ0) is 18.5. The highest BCUT2D eigenvalue weighted by Gasteiger charge is 2.33. The number of amides is 1. The standard InChI is InChI=1S/C17H22ClNO4S/c1-12(24(22,23)17(2,3)4)10-15(20)19-14(16(18)21)11-13-8-6-5-7-9-13/h5-9,14H,1,10-11H2,2-4H3,(H,19,20)/t14-/m0/s1. The molecule has 5 nitrogen and oxygen atoms in total. The first-order valence-corrected chi connectivity index (χ1v) is 9.26. The van der Waals surface area contributed by atoms with E-state index in [9.17, 15) is 18.0 Å². The van der Waals surface area contributed by atoms with Crippen LogP contribution < -0.4 is 5.32 Å². The fourth-order valence-corrected chi connectivity index (χ4v) is 3.31. The van der Waals surface area contributed by atoms with E-state index in [0.717, 1.165) is 5.56 Å². The summed E-state index contributed by atoms with van der Waals surface area (Å²) in [6, 6.07) is 8.15. The molecule has 1 N–H and O–H groups in total. The smallest absolute Gasteiger partial charge is 0.244 e. The van der Waals surface area contributed by atoms with Gasteiger partial charge >= 0.3 is 0 Å². The van der Waals surface area contributed by atoms with Crippen molar-refractivity contribution in [2.24, 2.45) is 0 Å². The summed E-state index contributed by atoms with van der Waals surface area (Å²) >= 11 is 5.54. The van der Waals surface area contributed by atoms with E-state index in [-0.39, 0.29) is 11.3 Å². The molecule has 0 radical (unpaired) electrons. The molecule has 24 heavy (non-hydrogen) atoms. The average Bonchev–Trinajstić information content (AvgIpc) is 2.46. The van der Waals surface area contributed by atoms with Gasteiger partial charge in [-0.25, -0.2) is 8.42 Å². The Hall–Kier alpha value is -1.66. The van der Waals surface area contributed by atoms with E-state index in [0.29, 0.717) is 0 Å². The normalized spacial score (nSPS) is 13.2. The van der Waals surface area contributed by atoms with Crippen molar-refractivity contribution in [2.75, 3.05) is 0 Å². The molecule has 1 rings (SSSR count). The van der Waals surface area contributed by atoms with Crippen molar-refractivity contribution in [1.29, 1.82) is 0 Å². The number of nitrogens with one attached hydrogen (secondary N) is 1. The van der Waals surface area contributed by atoms with Crippen molar-refractivity contribution in [2.45, 2.75) is 44.4 Å². The van der Waals surface area contributed by atoms with Crippen LogP contribution in [0.5, 0.6) is 0 Å². The van der Waals surface area contributed by atoms with Gasteiger partial charge in [0.1, 0.15) is 6.04 Å². The van der Waals surface area contributed by atoms with Crippen LogP contribution in [0.3, 0.4) is 0 Å². The number of hydrogen-bond acceptors (Lipinski definition) is 4. The molecule has 132 valence electrons. The Morgan fingerprint density at radius 2 is 1.75 bits per heavy atom. The van der Waals surface area contributed by atoms with Crippen molar-refractivity contribution in [3.05, 3.63) is 47.4 Å². The van der Waals surface area contributed by atoms with Gasteiger partial charge in [-0.2, -0.15) is 0 Å². The predicted molar refractivity (Wildman–Crippen MR) is 95.4 cm³/mol. The number of benzene rings is 1. The Labute approximate surface area is 148 Å². The lowest BCUT2D eigenvalue weighted by molar-refractivity contribution is -0.124. The Balaban J connectivity index is 2.77. The van der Waals surface area contributed by atoms with Crippen LogP contribution in [0.15, 0.2) is 41.8 Å². The van der Waals surface area contributed by atoms with Gasteiger partial charge in [-0.15, -0.1) is 0 Å². The molecule has 1 aromatic rings. The molecule has 0 aliphatic carbocycles. The van der Waals surface area contributed by atoms with Gasteiger partial charge in [-0.05, 0) is 37.9 Å². The number of carbonyl (C=O) groups is 2. The molecule has 0 bridgehead atoms. The number of sulfone groups is 1. The van der Waals surface area contributed by atoms with Gasteiger partial charge in [-0.3, -0.25) is 9.59 Å². The highest BCUT2D eigenvalue weighted by molar-refractivity contribution is 7.96. The van der Waals surface area contributed by atoms with E-state index in [1.54, 1.807) is 0 Å². The highest BCUT2D eigenvalue weighted by atomic mass is 35.5. The Morgan fingerprint density at radius 1 is 1.21 bits per heavy atom. The molecule has 0 saturated carbocycles. The maximum atomic E-state index is 12.2. The second-order valence-electron chi connectivity index (χ2n) is 6.45. The monoisotopic (exact) mass is 371 g/mol. The molecule has 0 spiro atoms. The number of halogens is 1. The molecule has 0 aliphatic rings. The fourth-order valence-electron chi connectivity index (χ4n) is 1.99. The van der Waals surface area contributed by atoms with E-state index in [4.69, 9.17) is 11.6 Å². The van der Waals surface area contributed by atoms with Crippen LogP contribution in [0, 0.1) is 0 Å². The molecule has 1 amide bonds. The molecular weight excluding hydrogens is 350 g/mol. The zero-order valence-corrected chi connectivity index (χ0v) is 15.6. The number of hydrogen-bond donors (Lipinski definition) is 1. The Kier molecular flexibility index (Phi) is 6.75. The summed E-state index contributed by atoms with van der Waals surface area (Å²) in [5.74, 6) is -0.609. The minimum absolute atomic E-state index is 0.187. The van der Waals surface area contributed by atoms with Crippen molar-refractivity contribution < 1.29 is 18.0 Å². The lowest BCUT2D eigenvalue weighted by Crippen LogP contribution is -2.41. The fraction of sp³-hybridized carbons (Fsp3) is 0.412. The van der Waals surface area contributed by atoms with E-state index in [1.807, 2.05) is 30.3 Å². The summed E-state index contributed by atoms with van der Waals surface area (Å²) in [4.78, 5) is 23.4. The van der Waals surface area contributed by atoms with Crippen LogP contribution >= 0.6 is 11.6 Å². The molecule has 0 aliphatic heterocycles. The van der Waals surface area contributed by atoms with Gasteiger partial charge < -0.3 is 5.32 Å². The molecule has 0 fully saturated rings. The Bertz CT molecular complexity index is 721. The van der Waals surface area contributed by atoms with Crippen LogP contribution in [0.2, 0.25) is 0 Å². The first kappa shape index (κ1) is 20.4. The summed E-state index contributed by atoms with van der Waals surface area (Å²) in [6.45, 7) is 8.10. The van der Waals surface area contributed by atoms with Crippen LogP contribution in [-0.4, -0.2) is 30.4 Å². The third-order valence-electron chi connectivity index (χ3n) is 3.44. The molecule has 0 saturated heterocycles. The van der Waals surface area contributed by atoms with Crippen molar-refractivity contribution in [3.8, 4) is 0 Å².